The zero-order chi connectivity index (χ0) is 33.0. The Labute approximate surface area is 268 Å². The number of nitrogens with zero attached hydrogens (tertiary/aromatic N) is 4. The monoisotopic (exact) mass is 612 g/mol. The number of rotatable bonds is 3. The average Bonchev–Trinajstić information content (AvgIpc) is 3.57. The molecule has 5 aromatic rings. The van der Waals surface area contributed by atoms with Crippen LogP contribution >= 0.6 is 0 Å². The lowest BCUT2D eigenvalue weighted by molar-refractivity contribution is 0.464. The van der Waals surface area contributed by atoms with Crippen LogP contribution in [0.15, 0.2) is 96.1 Å². The summed E-state index contributed by atoms with van der Waals surface area (Å²) < 4.78 is 42.1. The first-order valence-corrected chi connectivity index (χ1v) is 14.5. The first kappa shape index (κ1) is 29.1. The fourth-order valence-corrected chi connectivity index (χ4v) is 6.50. The summed E-state index contributed by atoms with van der Waals surface area (Å²) in [4.78, 5) is 0. The third-order valence-corrected chi connectivity index (χ3v) is 8.84. The molecule has 0 aliphatic heterocycles. The van der Waals surface area contributed by atoms with Crippen molar-refractivity contribution in [3.8, 4) is 68.8 Å². The van der Waals surface area contributed by atoms with E-state index in [0.29, 0.717) is 77.9 Å². The molecule has 0 amide bonds. The molecule has 2 aliphatic carbocycles. The van der Waals surface area contributed by atoms with Crippen LogP contribution in [0.5, 0.6) is 0 Å². The molecule has 220 valence electrons. The van der Waals surface area contributed by atoms with Crippen LogP contribution in [0.1, 0.15) is 33.4 Å². The van der Waals surface area contributed by atoms with Crippen molar-refractivity contribution in [1.82, 2.24) is 0 Å². The second kappa shape index (κ2) is 11.0. The summed E-state index contributed by atoms with van der Waals surface area (Å²) in [5.74, 6) is -1.02. The quantitative estimate of drug-likeness (QED) is 0.186. The molecule has 0 saturated carbocycles. The van der Waals surface area contributed by atoms with Crippen LogP contribution in [0.4, 0.5) is 13.2 Å². The van der Waals surface area contributed by atoms with Gasteiger partial charge in [0.25, 0.3) is 0 Å². The summed E-state index contributed by atoms with van der Waals surface area (Å²) in [5.41, 5.74) is 8.96. The van der Waals surface area contributed by atoms with Gasteiger partial charge in [0.2, 0.25) is 0 Å². The normalized spacial score (nSPS) is 11.7. The molecule has 0 atom stereocenters. The molecule has 0 unspecified atom stereocenters. The van der Waals surface area contributed by atoms with Crippen LogP contribution in [0.25, 0.3) is 55.7 Å². The van der Waals surface area contributed by atoms with Crippen LogP contribution < -0.4 is 0 Å². The maximum Gasteiger partial charge on any atom is 0.138 e. The molecule has 0 heterocycles. The Morgan fingerprint density at radius 3 is 1.32 bits per heavy atom. The summed E-state index contributed by atoms with van der Waals surface area (Å²) in [7, 11) is 0. The van der Waals surface area contributed by atoms with Crippen molar-refractivity contribution in [3.05, 3.63) is 141 Å². The number of alkyl halides is 1. The predicted octanol–water partition coefficient (Wildman–Crippen LogP) is 9.74. The van der Waals surface area contributed by atoms with Gasteiger partial charge in [-0.25, -0.2) is 13.2 Å². The highest BCUT2D eigenvalue weighted by molar-refractivity contribution is 6.11. The van der Waals surface area contributed by atoms with Crippen LogP contribution in [0.2, 0.25) is 0 Å². The van der Waals surface area contributed by atoms with Gasteiger partial charge in [0, 0.05) is 16.7 Å². The number of halogens is 3. The Bertz CT molecular complexity index is 2440. The van der Waals surface area contributed by atoms with Gasteiger partial charge in [-0.3, -0.25) is 0 Å². The van der Waals surface area contributed by atoms with Gasteiger partial charge in [-0.05, 0) is 116 Å². The molecule has 0 spiro atoms. The first-order valence-electron chi connectivity index (χ1n) is 14.5. The van der Waals surface area contributed by atoms with Crippen molar-refractivity contribution < 1.29 is 13.2 Å². The van der Waals surface area contributed by atoms with E-state index in [9.17, 15) is 34.2 Å². The standard InChI is InChI=1S/C40H19F3N4/c1-21-2-3-24(12-37(21)42)22-6-8-29-31-14-36-32(15-35(31)39(33(29)10-22)27(17-44)18-45)30-9-7-23(11-34(30)40(36)28(19-46)20-47)25-4-5-26(16-41)38(43)13-25/h2-15H,16H2,1H3. The highest BCUT2D eigenvalue weighted by Gasteiger charge is 2.34. The van der Waals surface area contributed by atoms with E-state index >= 15 is 0 Å². The van der Waals surface area contributed by atoms with E-state index in [1.807, 2.05) is 66.7 Å². The highest BCUT2D eigenvalue weighted by Crippen LogP contribution is 2.54. The van der Waals surface area contributed by atoms with Crippen LogP contribution in [-0.4, -0.2) is 0 Å². The number of hydrogen-bond donors (Lipinski definition) is 0. The molecule has 0 saturated heterocycles. The van der Waals surface area contributed by atoms with E-state index in [1.54, 1.807) is 31.2 Å². The molecule has 47 heavy (non-hydrogen) atoms. The Morgan fingerprint density at radius 2 is 0.894 bits per heavy atom. The van der Waals surface area contributed by atoms with E-state index in [4.69, 9.17) is 0 Å². The second-order valence-corrected chi connectivity index (χ2v) is 11.3. The third kappa shape index (κ3) is 4.42. The van der Waals surface area contributed by atoms with E-state index in [2.05, 4.69) is 0 Å². The van der Waals surface area contributed by atoms with Crippen molar-refractivity contribution in [2.75, 3.05) is 0 Å². The van der Waals surface area contributed by atoms with E-state index in [1.165, 1.54) is 18.2 Å². The SMILES string of the molecule is Cc1ccc(-c2ccc3c(c2)C(=C(C#N)C#N)c2cc4c(cc2-3)C(=C(C#N)C#N)c2cc(-c3ccc(CF)c(F)c3)ccc2-4)cc1F. The van der Waals surface area contributed by atoms with Crippen molar-refractivity contribution in [2.45, 2.75) is 13.6 Å². The van der Waals surface area contributed by atoms with Gasteiger partial charge < -0.3 is 0 Å². The molecule has 2 aliphatic rings. The Balaban J connectivity index is 1.46. The Morgan fingerprint density at radius 1 is 0.489 bits per heavy atom. The van der Waals surface area contributed by atoms with Crippen molar-refractivity contribution in [1.29, 1.82) is 21.0 Å². The molecule has 7 heteroatoms. The summed E-state index contributed by atoms with van der Waals surface area (Å²) in [5, 5.41) is 40.0. The lowest BCUT2D eigenvalue weighted by atomic mass is 9.93. The minimum Gasteiger partial charge on any atom is -0.246 e. The average molecular weight is 613 g/mol. The molecular weight excluding hydrogens is 593 g/mol. The van der Waals surface area contributed by atoms with Crippen molar-refractivity contribution in [3.63, 3.8) is 0 Å². The lowest BCUT2D eigenvalue weighted by Gasteiger charge is -2.09. The topological polar surface area (TPSA) is 95.2 Å². The van der Waals surface area contributed by atoms with Gasteiger partial charge >= 0.3 is 0 Å². The zero-order valence-corrected chi connectivity index (χ0v) is 24.7. The summed E-state index contributed by atoms with van der Waals surface area (Å²) in [6.45, 7) is 0.753. The summed E-state index contributed by atoms with van der Waals surface area (Å²) >= 11 is 0. The van der Waals surface area contributed by atoms with E-state index in [-0.39, 0.29) is 22.5 Å². The third-order valence-electron chi connectivity index (χ3n) is 8.84. The van der Waals surface area contributed by atoms with Gasteiger partial charge in [0.05, 0.1) is 0 Å². The maximum absolute atomic E-state index is 14.5. The number of fused-ring (bicyclic) bond motifs is 6. The lowest BCUT2D eigenvalue weighted by Crippen LogP contribution is -1.91. The molecule has 7 rings (SSSR count). The number of aryl methyl sites for hydroxylation is 1. The van der Waals surface area contributed by atoms with Gasteiger partial charge in [-0.2, -0.15) is 21.0 Å². The molecule has 0 N–H and O–H groups in total. The molecule has 0 radical (unpaired) electrons. The fraction of sp³-hybridized carbons (Fsp3) is 0.0500. The molecule has 0 aromatic heterocycles. The number of benzene rings is 5. The smallest absolute Gasteiger partial charge is 0.138 e. The molecule has 4 nitrogen and oxygen atoms in total. The van der Waals surface area contributed by atoms with Gasteiger partial charge in [0.15, 0.2) is 0 Å². The number of nitriles is 4. The summed E-state index contributed by atoms with van der Waals surface area (Å²) in [6, 6.07) is 32.0. The van der Waals surface area contributed by atoms with Gasteiger partial charge in [-0.1, -0.05) is 48.5 Å². The minimum atomic E-state index is -0.929. The number of allylic oxidation sites excluding steroid dienone is 2. The van der Waals surface area contributed by atoms with E-state index in [0.717, 1.165) is 5.56 Å². The Hall–Kier alpha value is -6.67. The first-order chi connectivity index (χ1) is 22.8. The van der Waals surface area contributed by atoms with Crippen LogP contribution in [-0.2, 0) is 6.67 Å². The van der Waals surface area contributed by atoms with Crippen molar-refractivity contribution >= 4 is 11.1 Å². The minimum absolute atomic E-state index is 0.0509. The second-order valence-electron chi connectivity index (χ2n) is 11.3. The molecule has 0 fully saturated rings. The largest absolute Gasteiger partial charge is 0.246 e. The molecule has 5 aromatic carbocycles. The Kier molecular flexibility index (Phi) is 6.83. The molecular formula is C40H19F3N4. The van der Waals surface area contributed by atoms with Crippen molar-refractivity contribution in [2.24, 2.45) is 0 Å². The number of hydrogen-bond acceptors (Lipinski definition) is 4. The van der Waals surface area contributed by atoms with Crippen LogP contribution in [0.3, 0.4) is 0 Å². The predicted molar refractivity (Wildman–Crippen MR) is 172 cm³/mol. The molecule has 0 bridgehead atoms. The fourth-order valence-electron chi connectivity index (χ4n) is 6.50. The maximum atomic E-state index is 14.5. The van der Waals surface area contributed by atoms with Crippen LogP contribution in [0, 0.1) is 63.9 Å². The van der Waals surface area contributed by atoms with E-state index < -0.39 is 12.5 Å². The van der Waals surface area contributed by atoms with Gasteiger partial charge in [0.1, 0.15) is 53.7 Å². The highest BCUT2D eigenvalue weighted by atomic mass is 19.1. The summed E-state index contributed by atoms with van der Waals surface area (Å²) in [6.07, 6.45) is 0. The van der Waals surface area contributed by atoms with Gasteiger partial charge in [-0.15, -0.1) is 0 Å². The zero-order valence-electron chi connectivity index (χ0n) is 24.7.